The van der Waals surface area contributed by atoms with Crippen LogP contribution >= 0.6 is 0 Å². The molecule has 0 unspecified atom stereocenters. The highest BCUT2D eigenvalue weighted by Gasteiger charge is 2.09. The number of hydrogen-bond acceptors (Lipinski definition) is 4. The Bertz CT molecular complexity index is 345. The van der Waals surface area contributed by atoms with Crippen molar-refractivity contribution in [2.45, 2.75) is 5.16 Å². The normalized spacial score (nSPS) is 11.5. The zero-order valence-electron chi connectivity index (χ0n) is 5.65. The molecule has 0 aliphatic heterocycles. The minimum absolute atomic E-state index is 0.362. The first kappa shape index (κ1) is 8.06. The summed E-state index contributed by atoms with van der Waals surface area (Å²) in [5.41, 5.74) is 0. The summed E-state index contributed by atoms with van der Waals surface area (Å²) in [6.07, 6.45) is 2.58. The molecule has 0 bridgehead atoms. The first-order valence-corrected chi connectivity index (χ1v) is 4.57. The van der Waals surface area contributed by atoms with E-state index in [1.165, 1.54) is 0 Å². The van der Waals surface area contributed by atoms with Gasteiger partial charge < -0.3 is 0 Å². The van der Waals surface area contributed by atoms with E-state index in [-0.39, 0.29) is 5.16 Å². The van der Waals surface area contributed by atoms with E-state index in [1.807, 2.05) is 0 Å². The molecule has 11 heavy (non-hydrogen) atoms. The maximum atomic E-state index is 12.2. The monoisotopic (exact) mass is 176 g/mol. The van der Waals surface area contributed by atoms with Crippen LogP contribution in [-0.4, -0.2) is 24.6 Å². The van der Waals surface area contributed by atoms with E-state index in [2.05, 4.69) is 9.97 Å². The quantitative estimate of drug-likeness (QED) is 0.566. The Labute approximate surface area is 63.0 Å². The van der Waals surface area contributed by atoms with Crippen LogP contribution in [0, 0.1) is 5.82 Å². The Morgan fingerprint density at radius 2 is 1.82 bits per heavy atom. The molecule has 0 N–H and O–H groups in total. The first-order chi connectivity index (χ1) is 5.00. The second kappa shape index (κ2) is 2.54. The van der Waals surface area contributed by atoms with Gasteiger partial charge >= 0.3 is 0 Å². The Kier molecular flexibility index (Phi) is 1.86. The van der Waals surface area contributed by atoms with Crippen LogP contribution in [-0.2, 0) is 9.84 Å². The van der Waals surface area contributed by atoms with E-state index in [1.54, 1.807) is 0 Å². The van der Waals surface area contributed by atoms with Crippen LogP contribution < -0.4 is 0 Å². The second-order valence-corrected chi connectivity index (χ2v) is 3.87. The topological polar surface area (TPSA) is 59.9 Å². The fourth-order valence-electron chi connectivity index (χ4n) is 0.492. The average molecular weight is 176 g/mol. The van der Waals surface area contributed by atoms with Gasteiger partial charge in [0.1, 0.15) is 0 Å². The number of halogens is 1. The molecule has 0 saturated carbocycles. The summed E-state index contributed by atoms with van der Waals surface area (Å²) in [6, 6.07) is 0. The van der Waals surface area contributed by atoms with E-state index in [9.17, 15) is 12.8 Å². The fourth-order valence-corrected chi connectivity index (χ4v) is 0.980. The minimum atomic E-state index is -3.41. The van der Waals surface area contributed by atoms with Crippen LogP contribution in [0.15, 0.2) is 17.6 Å². The van der Waals surface area contributed by atoms with E-state index in [0.29, 0.717) is 0 Å². The lowest BCUT2D eigenvalue weighted by Gasteiger charge is -1.92. The molecule has 0 atom stereocenters. The molecular formula is C5H5FN2O2S. The molecule has 6 heteroatoms. The molecule has 0 radical (unpaired) electrons. The molecule has 0 aliphatic rings. The lowest BCUT2D eigenvalue weighted by molar-refractivity contribution is 0.580. The molecule has 0 aliphatic carbocycles. The SMILES string of the molecule is CS(=O)(=O)c1ncc(F)cn1. The van der Waals surface area contributed by atoms with Crippen molar-refractivity contribution in [1.29, 1.82) is 0 Å². The molecule has 60 valence electrons. The molecular weight excluding hydrogens is 171 g/mol. The summed E-state index contributed by atoms with van der Waals surface area (Å²) in [7, 11) is -3.41. The summed E-state index contributed by atoms with van der Waals surface area (Å²) in [4.78, 5) is 6.55. The highest BCUT2D eigenvalue weighted by molar-refractivity contribution is 7.90. The van der Waals surface area contributed by atoms with Crippen molar-refractivity contribution >= 4 is 9.84 Å². The van der Waals surface area contributed by atoms with Gasteiger partial charge in [0.2, 0.25) is 15.0 Å². The van der Waals surface area contributed by atoms with Crippen molar-refractivity contribution in [3.05, 3.63) is 18.2 Å². The van der Waals surface area contributed by atoms with Crippen molar-refractivity contribution in [2.24, 2.45) is 0 Å². The van der Waals surface area contributed by atoms with Crippen LogP contribution in [0.2, 0.25) is 0 Å². The number of rotatable bonds is 1. The lowest BCUT2D eigenvalue weighted by Crippen LogP contribution is -2.03. The summed E-state index contributed by atoms with van der Waals surface area (Å²) in [5, 5.41) is -0.362. The highest BCUT2D eigenvalue weighted by Crippen LogP contribution is 1.99. The van der Waals surface area contributed by atoms with E-state index < -0.39 is 15.7 Å². The molecule has 0 saturated heterocycles. The number of nitrogens with zero attached hydrogens (tertiary/aromatic N) is 2. The van der Waals surface area contributed by atoms with Crippen LogP contribution in [0.5, 0.6) is 0 Å². The maximum absolute atomic E-state index is 12.2. The predicted octanol–water partition coefficient (Wildman–Crippen LogP) is 0.0192. The van der Waals surface area contributed by atoms with Crippen LogP contribution in [0.3, 0.4) is 0 Å². The van der Waals surface area contributed by atoms with Gasteiger partial charge in [-0.1, -0.05) is 0 Å². The molecule has 1 rings (SSSR count). The van der Waals surface area contributed by atoms with Crippen molar-refractivity contribution in [1.82, 2.24) is 9.97 Å². The Hall–Kier alpha value is -1.04. The highest BCUT2D eigenvalue weighted by atomic mass is 32.2. The van der Waals surface area contributed by atoms with Crippen LogP contribution in [0.25, 0.3) is 0 Å². The van der Waals surface area contributed by atoms with Gasteiger partial charge in [0, 0.05) is 6.26 Å². The maximum Gasteiger partial charge on any atom is 0.246 e. The molecule has 0 amide bonds. The standard InChI is InChI=1S/C5H5FN2O2S/c1-11(9,10)5-7-2-4(6)3-8-5/h2-3H,1H3. The van der Waals surface area contributed by atoms with Crippen LogP contribution in [0.1, 0.15) is 0 Å². The summed E-state index contributed by atoms with van der Waals surface area (Å²) >= 11 is 0. The third-order valence-electron chi connectivity index (χ3n) is 0.928. The Balaban J connectivity index is 3.20. The van der Waals surface area contributed by atoms with Gasteiger partial charge in [-0.3, -0.25) is 0 Å². The van der Waals surface area contributed by atoms with Crippen molar-refractivity contribution in [3.8, 4) is 0 Å². The second-order valence-electron chi connectivity index (χ2n) is 1.96. The largest absolute Gasteiger partial charge is 0.246 e. The summed E-state index contributed by atoms with van der Waals surface area (Å²) in [6.45, 7) is 0. The minimum Gasteiger partial charge on any atom is -0.224 e. The van der Waals surface area contributed by atoms with Gasteiger partial charge in [0.15, 0.2) is 5.82 Å². The van der Waals surface area contributed by atoms with Crippen molar-refractivity contribution < 1.29 is 12.8 Å². The zero-order valence-corrected chi connectivity index (χ0v) is 6.47. The number of aromatic nitrogens is 2. The van der Waals surface area contributed by atoms with Gasteiger partial charge in [0.05, 0.1) is 12.4 Å². The number of sulfone groups is 1. The lowest BCUT2D eigenvalue weighted by atomic mass is 10.7. The third-order valence-corrected chi connectivity index (χ3v) is 1.80. The van der Waals surface area contributed by atoms with Gasteiger partial charge in [0.25, 0.3) is 0 Å². The Morgan fingerprint density at radius 3 is 2.18 bits per heavy atom. The molecule has 1 aromatic rings. The Morgan fingerprint density at radius 1 is 1.36 bits per heavy atom. The van der Waals surface area contributed by atoms with Gasteiger partial charge in [-0.25, -0.2) is 22.8 Å². The molecule has 0 spiro atoms. The van der Waals surface area contributed by atoms with Crippen LogP contribution in [0.4, 0.5) is 4.39 Å². The predicted molar refractivity (Wildman–Crippen MR) is 35.1 cm³/mol. The van der Waals surface area contributed by atoms with Gasteiger partial charge in [-0.15, -0.1) is 0 Å². The van der Waals surface area contributed by atoms with Gasteiger partial charge in [-0.2, -0.15) is 0 Å². The molecule has 1 aromatic heterocycles. The summed E-state index contributed by atoms with van der Waals surface area (Å²) in [5.74, 6) is -0.655. The zero-order chi connectivity index (χ0) is 8.48. The average Bonchev–Trinajstić information content (AvgIpc) is 1.86. The summed E-state index contributed by atoms with van der Waals surface area (Å²) < 4.78 is 33.5. The molecule has 4 nitrogen and oxygen atoms in total. The first-order valence-electron chi connectivity index (χ1n) is 2.68. The van der Waals surface area contributed by atoms with E-state index in [4.69, 9.17) is 0 Å². The molecule has 0 fully saturated rings. The smallest absolute Gasteiger partial charge is 0.224 e. The van der Waals surface area contributed by atoms with Crippen molar-refractivity contribution in [2.75, 3.05) is 6.26 Å². The van der Waals surface area contributed by atoms with E-state index in [0.717, 1.165) is 18.6 Å². The number of hydrogen-bond donors (Lipinski definition) is 0. The van der Waals surface area contributed by atoms with Crippen molar-refractivity contribution in [3.63, 3.8) is 0 Å². The molecule has 0 aromatic carbocycles. The van der Waals surface area contributed by atoms with E-state index >= 15 is 0 Å². The van der Waals surface area contributed by atoms with Gasteiger partial charge in [-0.05, 0) is 0 Å². The molecule has 1 heterocycles. The third kappa shape index (κ3) is 1.94. The fraction of sp³-hybridized carbons (Fsp3) is 0.200.